The molecular weight excluding hydrogens is 324 g/mol. The standard InChI is InChI=1S/C14H17ClN4O2S/c1-3-6-16-12(20)8-22-14-17-13(18-19-14)10-7-9(15)4-5-11(10)21-2/h4-5,7H,3,6,8H2,1-2H3,(H,16,20)(H,17,18,19). The van der Waals surface area contributed by atoms with Crippen molar-refractivity contribution in [3.63, 3.8) is 0 Å². The van der Waals surface area contributed by atoms with E-state index in [4.69, 9.17) is 16.3 Å². The molecule has 1 heterocycles. The van der Waals surface area contributed by atoms with Crippen LogP contribution < -0.4 is 10.1 Å². The number of hydrogen-bond donors (Lipinski definition) is 2. The highest BCUT2D eigenvalue weighted by molar-refractivity contribution is 7.99. The van der Waals surface area contributed by atoms with E-state index in [9.17, 15) is 4.79 Å². The molecule has 0 bridgehead atoms. The molecule has 8 heteroatoms. The second-order valence-corrected chi connectivity index (χ2v) is 5.83. The number of aromatic nitrogens is 3. The van der Waals surface area contributed by atoms with Crippen molar-refractivity contribution in [1.82, 2.24) is 20.5 Å². The monoisotopic (exact) mass is 340 g/mol. The summed E-state index contributed by atoms with van der Waals surface area (Å²) in [4.78, 5) is 15.9. The van der Waals surface area contributed by atoms with Gasteiger partial charge < -0.3 is 10.1 Å². The number of nitrogens with zero attached hydrogens (tertiary/aromatic N) is 2. The normalized spacial score (nSPS) is 10.5. The van der Waals surface area contributed by atoms with Crippen LogP contribution in [0.1, 0.15) is 13.3 Å². The number of halogens is 1. The van der Waals surface area contributed by atoms with Crippen molar-refractivity contribution in [3.8, 4) is 17.1 Å². The van der Waals surface area contributed by atoms with Gasteiger partial charge in [0.25, 0.3) is 0 Å². The Kier molecular flexibility index (Phi) is 6.09. The average Bonchev–Trinajstić information content (AvgIpc) is 2.99. The van der Waals surface area contributed by atoms with E-state index in [2.05, 4.69) is 20.5 Å². The van der Waals surface area contributed by atoms with E-state index in [0.29, 0.717) is 28.3 Å². The fraction of sp³-hybridized carbons (Fsp3) is 0.357. The maximum absolute atomic E-state index is 11.6. The molecule has 0 aliphatic heterocycles. The third kappa shape index (κ3) is 4.38. The SMILES string of the molecule is CCCNC(=O)CSc1n[nH]c(-c2cc(Cl)ccc2OC)n1. The zero-order chi connectivity index (χ0) is 15.9. The molecule has 0 aliphatic rings. The summed E-state index contributed by atoms with van der Waals surface area (Å²) in [6, 6.07) is 5.27. The largest absolute Gasteiger partial charge is 0.496 e. The number of benzene rings is 1. The van der Waals surface area contributed by atoms with Gasteiger partial charge in [-0.1, -0.05) is 30.3 Å². The number of methoxy groups -OCH3 is 1. The molecule has 2 aromatic rings. The Labute approximate surface area is 138 Å². The van der Waals surface area contributed by atoms with Crippen molar-refractivity contribution in [1.29, 1.82) is 0 Å². The highest BCUT2D eigenvalue weighted by Gasteiger charge is 2.13. The molecule has 2 rings (SSSR count). The first-order chi connectivity index (χ1) is 10.6. The quantitative estimate of drug-likeness (QED) is 0.757. The lowest BCUT2D eigenvalue weighted by atomic mass is 10.2. The summed E-state index contributed by atoms with van der Waals surface area (Å²) < 4.78 is 5.29. The molecule has 1 amide bonds. The molecule has 22 heavy (non-hydrogen) atoms. The van der Waals surface area contributed by atoms with Crippen molar-refractivity contribution in [2.24, 2.45) is 0 Å². The van der Waals surface area contributed by atoms with E-state index in [1.165, 1.54) is 11.8 Å². The number of rotatable bonds is 7. The lowest BCUT2D eigenvalue weighted by Crippen LogP contribution is -2.25. The Morgan fingerprint density at radius 3 is 3.05 bits per heavy atom. The average molecular weight is 341 g/mol. The van der Waals surface area contributed by atoms with Gasteiger partial charge in [0.1, 0.15) is 5.75 Å². The number of hydrogen-bond acceptors (Lipinski definition) is 5. The first-order valence-corrected chi connectivity index (χ1v) is 8.16. The summed E-state index contributed by atoms with van der Waals surface area (Å²) in [6.07, 6.45) is 0.912. The maximum atomic E-state index is 11.6. The molecule has 6 nitrogen and oxygen atoms in total. The van der Waals surface area contributed by atoms with E-state index in [1.54, 1.807) is 25.3 Å². The van der Waals surface area contributed by atoms with E-state index in [-0.39, 0.29) is 11.7 Å². The number of amides is 1. The highest BCUT2D eigenvalue weighted by atomic mass is 35.5. The Morgan fingerprint density at radius 1 is 1.50 bits per heavy atom. The van der Waals surface area contributed by atoms with Gasteiger partial charge in [-0.15, -0.1) is 5.10 Å². The van der Waals surface area contributed by atoms with Crippen LogP contribution in [0.4, 0.5) is 0 Å². The van der Waals surface area contributed by atoms with Crippen molar-refractivity contribution < 1.29 is 9.53 Å². The first-order valence-electron chi connectivity index (χ1n) is 6.79. The van der Waals surface area contributed by atoms with Crippen LogP contribution in [-0.2, 0) is 4.79 Å². The Balaban J connectivity index is 2.05. The third-order valence-corrected chi connectivity index (χ3v) is 3.87. The minimum atomic E-state index is -0.0291. The lowest BCUT2D eigenvalue weighted by molar-refractivity contribution is -0.118. The van der Waals surface area contributed by atoms with Gasteiger partial charge >= 0.3 is 0 Å². The second kappa shape index (κ2) is 8.05. The molecule has 0 aliphatic carbocycles. The number of nitrogens with one attached hydrogen (secondary N) is 2. The van der Waals surface area contributed by atoms with E-state index >= 15 is 0 Å². The molecule has 0 radical (unpaired) electrons. The van der Waals surface area contributed by atoms with Gasteiger partial charge in [0.05, 0.1) is 18.4 Å². The molecule has 0 unspecified atom stereocenters. The molecule has 118 valence electrons. The molecule has 0 saturated carbocycles. The van der Waals surface area contributed by atoms with Gasteiger partial charge in [-0.05, 0) is 24.6 Å². The zero-order valence-corrected chi connectivity index (χ0v) is 13.9. The summed E-state index contributed by atoms with van der Waals surface area (Å²) >= 11 is 7.28. The van der Waals surface area contributed by atoms with E-state index in [0.717, 1.165) is 12.0 Å². The summed E-state index contributed by atoms with van der Waals surface area (Å²) in [5.74, 6) is 1.45. The topological polar surface area (TPSA) is 79.9 Å². The number of carbonyl (C=O) groups excluding carboxylic acids is 1. The zero-order valence-electron chi connectivity index (χ0n) is 12.4. The van der Waals surface area contributed by atoms with Gasteiger partial charge in [0, 0.05) is 11.6 Å². The van der Waals surface area contributed by atoms with Crippen molar-refractivity contribution in [2.45, 2.75) is 18.5 Å². The molecule has 1 aromatic carbocycles. The van der Waals surface area contributed by atoms with Crippen molar-refractivity contribution in [2.75, 3.05) is 19.4 Å². The van der Waals surface area contributed by atoms with Crippen LogP contribution in [-0.4, -0.2) is 40.5 Å². The van der Waals surface area contributed by atoms with Crippen LogP contribution >= 0.6 is 23.4 Å². The second-order valence-electron chi connectivity index (χ2n) is 4.45. The number of ether oxygens (including phenoxy) is 1. The lowest BCUT2D eigenvalue weighted by Gasteiger charge is -2.05. The van der Waals surface area contributed by atoms with Crippen LogP contribution in [0.3, 0.4) is 0 Å². The first kappa shape index (κ1) is 16.6. The Bertz CT molecular complexity index is 648. The maximum Gasteiger partial charge on any atom is 0.230 e. The minimum absolute atomic E-state index is 0.0291. The van der Waals surface area contributed by atoms with Gasteiger partial charge in [-0.3, -0.25) is 9.89 Å². The molecule has 0 fully saturated rings. The third-order valence-electron chi connectivity index (χ3n) is 2.79. The predicted octanol–water partition coefficient (Wildman–Crippen LogP) is 2.75. The fourth-order valence-corrected chi connectivity index (χ4v) is 2.54. The van der Waals surface area contributed by atoms with Gasteiger partial charge in [0.15, 0.2) is 5.82 Å². The Morgan fingerprint density at radius 2 is 2.32 bits per heavy atom. The van der Waals surface area contributed by atoms with E-state index < -0.39 is 0 Å². The predicted molar refractivity (Wildman–Crippen MR) is 87.4 cm³/mol. The fourth-order valence-electron chi connectivity index (χ4n) is 1.74. The molecule has 1 aromatic heterocycles. The Hall–Kier alpha value is -1.73. The van der Waals surface area contributed by atoms with Crippen LogP contribution in [0.2, 0.25) is 5.02 Å². The molecule has 0 saturated heterocycles. The van der Waals surface area contributed by atoms with Crippen LogP contribution in [0.15, 0.2) is 23.4 Å². The number of H-pyrrole nitrogens is 1. The van der Waals surface area contributed by atoms with Crippen molar-refractivity contribution >= 4 is 29.3 Å². The molecule has 2 N–H and O–H groups in total. The van der Waals surface area contributed by atoms with E-state index in [1.807, 2.05) is 6.92 Å². The molecule has 0 atom stereocenters. The summed E-state index contributed by atoms with van der Waals surface area (Å²) in [6.45, 7) is 2.69. The number of carbonyl (C=O) groups is 1. The summed E-state index contributed by atoms with van der Waals surface area (Å²) in [5.41, 5.74) is 0.727. The minimum Gasteiger partial charge on any atom is -0.496 e. The van der Waals surface area contributed by atoms with Gasteiger partial charge in [-0.25, -0.2) is 4.98 Å². The van der Waals surface area contributed by atoms with Gasteiger partial charge in [0.2, 0.25) is 11.1 Å². The number of aromatic amines is 1. The van der Waals surface area contributed by atoms with Crippen LogP contribution in [0.5, 0.6) is 5.75 Å². The number of thioether (sulfide) groups is 1. The molecule has 0 spiro atoms. The summed E-state index contributed by atoms with van der Waals surface area (Å²) in [7, 11) is 1.58. The summed E-state index contributed by atoms with van der Waals surface area (Å²) in [5, 5.41) is 10.8. The van der Waals surface area contributed by atoms with Crippen LogP contribution in [0.25, 0.3) is 11.4 Å². The highest BCUT2D eigenvalue weighted by Crippen LogP contribution is 2.31. The molecular formula is C14H17ClN4O2S. The van der Waals surface area contributed by atoms with Gasteiger partial charge in [-0.2, -0.15) is 0 Å². The smallest absolute Gasteiger partial charge is 0.230 e. The van der Waals surface area contributed by atoms with Crippen LogP contribution in [0, 0.1) is 0 Å². The van der Waals surface area contributed by atoms with Crippen molar-refractivity contribution in [3.05, 3.63) is 23.2 Å².